The van der Waals surface area contributed by atoms with Crippen molar-refractivity contribution in [2.24, 2.45) is 0 Å². The molecule has 0 radical (unpaired) electrons. The normalized spacial score (nSPS) is 12.2. The third-order valence-electron chi connectivity index (χ3n) is 11.9. The Labute approximate surface area is 385 Å². The van der Waals surface area contributed by atoms with E-state index >= 15 is 0 Å². The Balaban J connectivity index is 4.33. The predicted octanol–water partition coefficient (Wildman–Crippen LogP) is 17.7. The summed E-state index contributed by atoms with van der Waals surface area (Å²) in [5.74, 6) is -0.872. The molecule has 62 heavy (non-hydrogen) atoms. The molecule has 0 aromatic heterocycles. The van der Waals surface area contributed by atoms with E-state index in [0.29, 0.717) is 19.3 Å². The quantitative estimate of drug-likeness (QED) is 0.0262. The first-order valence-electron chi connectivity index (χ1n) is 27.0. The van der Waals surface area contributed by atoms with Crippen LogP contribution in [0.25, 0.3) is 0 Å². The lowest BCUT2D eigenvalue weighted by atomic mass is 10.0. The van der Waals surface area contributed by atoms with Crippen molar-refractivity contribution in [2.45, 2.75) is 290 Å². The highest BCUT2D eigenvalue weighted by Crippen LogP contribution is 2.16. The van der Waals surface area contributed by atoms with Gasteiger partial charge in [0.2, 0.25) is 0 Å². The molecule has 0 aromatic rings. The average molecular weight is 871 g/mol. The van der Waals surface area contributed by atoms with Crippen molar-refractivity contribution < 1.29 is 28.6 Å². The van der Waals surface area contributed by atoms with Gasteiger partial charge in [-0.25, -0.2) is 0 Å². The van der Waals surface area contributed by atoms with Crippen LogP contribution in [0.4, 0.5) is 0 Å². The molecular weight excluding hydrogens is 769 g/mol. The van der Waals surface area contributed by atoms with Crippen molar-refractivity contribution in [1.82, 2.24) is 0 Å². The lowest BCUT2D eigenvalue weighted by Gasteiger charge is -2.18. The summed E-state index contributed by atoms with van der Waals surface area (Å²) in [6.45, 7) is 6.62. The van der Waals surface area contributed by atoms with Gasteiger partial charge < -0.3 is 14.2 Å². The highest BCUT2D eigenvalue weighted by Gasteiger charge is 2.19. The van der Waals surface area contributed by atoms with Crippen LogP contribution in [0.1, 0.15) is 284 Å². The number of allylic oxidation sites excluding steroid dienone is 6. The van der Waals surface area contributed by atoms with Crippen LogP contribution >= 0.6 is 0 Å². The van der Waals surface area contributed by atoms with E-state index in [9.17, 15) is 14.4 Å². The molecular formula is C56H102O6. The molecule has 0 saturated heterocycles. The largest absolute Gasteiger partial charge is 0.462 e. The fourth-order valence-corrected chi connectivity index (χ4v) is 7.80. The molecule has 0 aliphatic carbocycles. The second-order valence-electron chi connectivity index (χ2n) is 18.2. The molecule has 0 amide bonds. The number of ether oxygens (including phenoxy) is 3. The van der Waals surface area contributed by atoms with E-state index in [1.807, 2.05) is 0 Å². The van der Waals surface area contributed by atoms with Gasteiger partial charge in [-0.1, -0.05) is 243 Å². The number of unbranched alkanes of at least 4 members (excludes halogenated alkanes) is 32. The van der Waals surface area contributed by atoms with Crippen LogP contribution in [0.15, 0.2) is 36.5 Å². The Morgan fingerprint density at radius 1 is 0.323 bits per heavy atom. The molecule has 0 unspecified atom stereocenters. The highest BCUT2D eigenvalue weighted by atomic mass is 16.6. The molecule has 0 aliphatic heterocycles. The summed E-state index contributed by atoms with van der Waals surface area (Å²) >= 11 is 0. The summed E-state index contributed by atoms with van der Waals surface area (Å²) in [4.78, 5) is 38.0. The molecule has 0 aliphatic rings. The summed E-state index contributed by atoms with van der Waals surface area (Å²) in [6.07, 6.45) is 59.8. The molecule has 0 spiro atoms. The van der Waals surface area contributed by atoms with Crippen molar-refractivity contribution in [3.8, 4) is 0 Å². The van der Waals surface area contributed by atoms with E-state index in [2.05, 4.69) is 57.2 Å². The fourth-order valence-electron chi connectivity index (χ4n) is 7.80. The second-order valence-corrected chi connectivity index (χ2v) is 18.2. The van der Waals surface area contributed by atoms with Gasteiger partial charge in [0, 0.05) is 19.3 Å². The minimum absolute atomic E-state index is 0.0721. The van der Waals surface area contributed by atoms with Crippen molar-refractivity contribution in [3.63, 3.8) is 0 Å². The third kappa shape index (κ3) is 48.7. The fraction of sp³-hybridized carbons (Fsp3) is 0.839. The molecule has 362 valence electrons. The SMILES string of the molecule is CCCCC/C=C\C/C=C\C/C=C\CCCCCCCCC(=O)OC[C@@H](COC(=O)CCCCCCCCCCCCC)OC(=O)CCCCCCCCCCCCCCCC. The van der Waals surface area contributed by atoms with Crippen LogP contribution in [-0.2, 0) is 28.6 Å². The number of carbonyl (C=O) groups excluding carboxylic acids is 3. The summed E-state index contributed by atoms with van der Waals surface area (Å²) in [6, 6.07) is 0. The first-order chi connectivity index (χ1) is 30.5. The maximum atomic E-state index is 12.8. The number of carbonyl (C=O) groups is 3. The molecule has 6 nitrogen and oxygen atoms in total. The van der Waals surface area contributed by atoms with Crippen LogP contribution in [0.2, 0.25) is 0 Å². The van der Waals surface area contributed by atoms with Crippen LogP contribution in [-0.4, -0.2) is 37.2 Å². The van der Waals surface area contributed by atoms with E-state index in [1.54, 1.807) is 0 Å². The van der Waals surface area contributed by atoms with Crippen LogP contribution in [0.3, 0.4) is 0 Å². The lowest BCUT2D eigenvalue weighted by molar-refractivity contribution is -0.167. The Bertz CT molecular complexity index is 1050. The van der Waals surface area contributed by atoms with E-state index in [-0.39, 0.29) is 31.1 Å². The Morgan fingerprint density at radius 3 is 0.935 bits per heavy atom. The van der Waals surface area contributed by atoms with E-state index < -0.39 is 6.10 Å². The predicted molar refractivity (Wildman–Crippen MR) is 266 cm³/mol. The van der Waals surface area contributed by atoms with Gasteiger partial charge >= 0.3 is 17.9 Å². The Hall–Kier alpha value is -2.37. The second kappa shape index (κ2) is 51.3. The van der Waals surface area contributed by atoms with Crippen molar-refractivity contribution >= 4 is 17.9 Å². The van der Waals surface area contributed by atoms with Crippen molar-refractivity contribution in [3.05, 3.63) is 36.5 Å². The zero-order chi connectivity index (χ0) is 45.1. The molecule has 0 rings (SSSR count). The topological polar surface area (TPSA) is 78.9 Å². The van der Waals surface area contributed by atoms with Crippen LogP contribution < -0.4 is 0 Å². The van der Waals surface area contributed by atoms with Gasteiger partial charge in [0.15, 0.2) is 6.10 Å². The van der Waals surface area contributed by atoms with Crippen LogP contribution in [0, 0.1) is 0 Å². The maximum Gasteiger partial charge on any atom is 0.306 e. The summed E-state index contributed by atoms with van der Waals surface area (Å²) in [5, 5.41) is 0. The first kappa shape index (κ1) is 59.6. The minimum Gasteiger partial charge on any atom is -0.462 e. The van der Waals surface area contributed by atoms with E-state index in [4.69, 9.17) is 14.2 Å². The maximum absolute atomic E-state index is 12.8. The zero-order valence-electron chi connectivity index (χ0n) is 41.4. The van der Waals surface area contributed by atoms with Gasteiger partial charge in [-0.2, -0.15) is 0 Å². The molecule has 0 bridgehead atoms. The summed E-state index contributed by atoms with van der Waals surface area (Å²) in [5.41, 5.74) is 0. The summed E-state index contributed by atoms with van der Waals surface area (Å²) < 4.78 is 16.8. The number of hydrogen-bond donors (Lipinski definition) is 0. The van der Waals surface area contributed by atoms with Gasteiger partial charge in [-0.05, 0) is 57.8 Å². The molecule has 6 heteroatoms. The molecule has 0 heterocycles. The number of hydrogen-bond acceptors (Lipinski definition) is 6. The monoisotopic (exact) mass is 871 g/mol. The van der Waals surface area contributed by atoms with Crippen molar-refractivity contribution in [1.29, 1.82) is 0 Å². The van der Waals surface area contributed by atoms with E-state index in [0.717, 1.165) is 77.0 Å². The standard InChI is InChI=1S/C56H102O6/c1-4-7-10-13-16-19-22-24-26-27-28-29-30-32-34-37-40-43-46-49-55(58)61-52-53(51-60-54(57)48-45-42-39-36-33-21-18-15-12-9-6-3)62-56(59)50-47-44-41-38-35-31-25-23-20-17-14-11-8-5-2/h16,19,24,26,28-29,53H,4-15,17-18,20-23,25,27,30-52H2,1-3H3/b19-16-,26-24-,29-28-/t53-/m1/s1. The number of rotatable bonds is 49. The number of esters is 3. The Kier molecular flexibility index (Phi) is 49.3. The van der Waals surface area contributed by atoms with Gasteiger partial charge in [-0.3, -0.25) is 14.4 Å². The van der Waals surface area contributed by atoms with Gasteiger partial charge in [-0.15, -0.1) is 0 Å². The van der Waals surface area contributed by atoms with E-state index in [1.165, 1.54) is 167 Å². The highest BCUT2D eigenvalue weighted by molar-refractivity contribution is 5.71. The molecule has 0 saturated carbocycles. The smallest absolute Gasteiger partial charge is 0.306 e. The molecule has 0 aromatic carbocycles. The third-order valence-corrected chi connectivity index (χ3v) is 11.9. The van der Waals surface area contributed by atoms with Crippen molar-refractivity contribution in [2.75, 3.05) is 13.2 Å². The van der Waals surface area contributed by atoms with Gasteiger partial charge in [0.25, 0.3) is 0 Å². The minimum atomic E-state index is -0.772. The first-order valence-corrected chi connectivity index (χ1v) is 27.0. The Morgan fingerprint density at radius 2 is 0.581 bits per heavy atom. The zero-order valence-corrected chi connectivity index (χ0v) is 41.4. The molecule has 0 fully saturated rings. The van der Waals surface area contributed by atoms with Gasteiger partial charge in [0.1, 0.15) is 13.2 Å². The average Bonchev–Trinajstić information content (AvgIpc) is 3.27. The lowest BCUT2D eigenvalue weighted by Crippen LogP contribution is -2.30. The molecule has 1 atom stereocenters. The van der Waals surface area contributed by atoms with Gasteiger partial charge in [0.05, 0.1) is 0 Å². The summed E-state index contributed by atoms with van der Waals surface area (Å²) in [7, 11) is 0. The van der Waals surface area contributed by atoms with Crippen LogP contribution in [0.5, 0.6) is 0 Å². The molecule has 0 N–H and O–H groups in total.